The summed E-state index contributed by atoms with van der Waals surface area (Å²) in [5, 5.41) is 0. The highest BCUT2D eigenvalue weighted by Crippen LogP contribution is 2.25. The van der Waals surface area contributed by atoms with Gasteiger partial charge in [-0.3, -0.25) is 0 Å². The van der Waals surface area contributed by atoms with E-state index < -0.39 is 0 Å². The van der Waals surface area contributed by atoms with Gasteiger partial charge >= 0.3 is 0 Å². The Morgan fingerprint density at radius 1 is 1.22 bits per heavy atom. The molecule has 3 heteroatoms. The standard InChI is InChI=1S/C15H19NO2/c1-10-4-5-11(2)13(8-10)15(16)14-7-6-12(18-14)9-17-3/h4-8,15H,9,16H2,1-3H3. The fraction of sp³-hybridized carbons (Fsp3) is 0.333. The summed E-state index contributed by atoms with van der Waals surface area (Å²) in [5.74, 6) is 1.57. The van der Waals surface area contributed by atoms with Gasteiger partial charge in [0.15, 0.2) is 0 Å². The van der Waals surface area contributed by atoms with E-state index in [1.54, 1.807) is 7.11 Å². The van der Waals surface area contributed by atoms with E-state index in [-0.39, 0.29) is 6.04 Å². The van der Waals surface area contributed by atoms with Crippen molar-refractivity contribution < 1.29 is 9.15 Å². The highest BCUT2D eigenvalue weighted by atomic mass is 16.5. The normalized spacial score (nSPS) is 12.7. The van der Waals surface area contributed by atoms with Crippen LogP contribution in [-0.2, 0) is 11.3 Å². The number of aryl methyl sites for hydroxylation is 2. The van der Waals surface area contributed by atoms with Gasteiger partial charge in [-0.25, -0.2) is 0 Å². The second-order valence-electron chi connectivity index (χ2n) is 4.57. The summed E-state index contributed by atoms with van der Waals surface area (Å²) >= 11 is 0. The van der Waals surface area contributed by atoms with Crippen LogP contribution in [-0.4, -0.2) is 7.11 Å². The molecule has 0 amide bonds. The van der Waals surface area contributed by atoms with Crippen molar-refractivity contribution >= 4 is 0 Å². The summed E-state index contributed by atoms with van der Waals surface area (Å²) in [4.78, 5) is 0. The van der Waals surface area contributed by atoms with Crippen LogP contribution < -0.4 is 5.73 Å². The van der Waals surface area contributed by atoms with Gasteiger partial charge in [-0.05, 0) is 37.1 Å². The van der Waals surface area contributed by atoms with Crippen molar-refractivity contribution in [2.75, 3.05) is 7.11 Å². The van der Waals surface area contributed by atoms with Crippen molar-refractivity contribution in [2.45, 2.75) is 26.5 Å². The first-order valence-corrected chi connectivity index (χ1v) is 6.02. The maximum Gasteiger partial charge on any atom is 0.129 e. The average Bonchev–Trinajstić information content (AvgIpc) is 2.80. The largest absolute Gasteiger partial charge is 0.462 e. The van der Waals surface area contributed by atoms with Crippen LogP contribution in [0, 0.1) is 13.8 Å². The topological polar surface area (TPSA) is 48.4 Å². The van der Waals surface area contributed by atoms with Gasteiger partial charge in [0.2, 0.25) is 0 Å². The van der Waals surface area contributed by atoms with Crippen molar-refractivity contribution in [3.8, 4) is 0 Å². The molecule has 1 atom stereocenters. The Morgan fingerprint density at radius 3 is 2.72 bits per heavy atom. The van der Waals surface area contributed by atoms with Crippen molar-refractivity contribution in [1.82, 2.24) is 0 Å². The second kappa shape index (κ2) is 5.38. The highest BCUT2D eigenvalue weighted by molar-refractivity contribution is 5.36. The van der Waals surface area contributed by atoms with Crippen LogP contribution >= 0.6 is 0 Å². The molecule has 0 aliphatic heterocycles. The van der Waals surface area contributed by atoms with Gasteiger partial charge in [0.05, 0.1) is 6.04 Å². The van der Waals surface area contributed by atoms with Crippen molar-refractivity contribution in [3.05, 3.63) is 58.5 Å². The lowest BCUT2D eigenvalue weighted by Crippen LogP contribution is -2.12. The molecule has 0 radical (unpaired) electrons. The first kappa shape index (κ1) is 12.9. The van der Waals surface area contributed by atoms with Crippen molar-refractivity contribution in [1.29, 1.82) is 0 Å². The molecule has 1 heterocycles. The smallest absolute Gasteiger partial charge is 0.129 e. The number of furan rings is 1. The fourth-order valence-corrected chi connectivity index (χ4v) is 2.03. The Hall–Kier alpha value is -1.58. The van der Waals surface area contributed by atoms with Gasteiger partial charge in [-0.1, -0.05) is 23.8 Å². The SMILES string of the molecule is COCc1ccc(C(N)c2cc(C)ccc2C)o1. The zero-order valence-corrected chi connectivity index (χ0v) is 11.1. The quantitative estimate of drug-likeness (QED) is 0.900. The zero-order valence-electron chi connectivity index (χ0n) is 11.1. The molecule has 0 saturated carbocycles. The number of hydrogen-bond acceptors (Lipinski definition) is 3. The molecule has 0 aliphatic carbocycles. The third kappa shape index (κ3) is 2.63. The minimum absolute atomic E-state index is 0.226. The van der Waals surface area contributed by atoms with Gasteiger partial charge in [0.25, 0.3) is 0 Å². The van der Waals surface area contributed by atoms with E-state index in [9.17, 15) is 0 Å². The molecule has 1 unspecified atom stereocenters. The molecule has 1 aromatic heterocycles. The van der Waals surface area contributed by atoms with E-state index in [1.807, 2.05) is 12.1 Å². The number of rotatable bonds is 4. The Labute approximate surface area is 108 Å². The fourth-order valence-electron chi connectivity index (χ4n) is 2.03. The molecule has 2 rings (SSSR count). The molecule has 2 aromatic rings. The number of nitrogens with two attached hydrogens (primary N) is 1. The molecule has 0 fully saturated rings. The lowest BCUT2D eigenvalue weighted by Gasteiger charge is -2.13. The summed E-state index contributed by atoms with van der Waals surface area (Å²) in [6.07, 6.45) is 0. The molecular formula is C15H19NO2. The first-order chi connectivity index (χ1) is 8.61. The Morgan fingerprint density at radius 2 is 2.00 bits per heavy atom. The van der Waals surface area contributed by atoms with Crippen LogP contribution in [0.5, 0.6) is 0 Å². The van der Waals surface area contributed by atoms with E-state index in [0.29, 0.717) is 6.61 Å². The molecule has 0 spiro atoms. The summed E-state index contributed by atoms with van der Waals surface area (Å²) in [7, 11) is 1.65. The van der Waals surface area contributed by atoms with Gasteiger partial charge < -0.3 is 14.9 Å². The van der Waals surface area contributed by atoms with Crippen molar-refractivity contribution in [3.63, 3.8) is 0 Å². The molecule has 2 N–H and O–H groups in total. The number of hydrogen-bond donors (Lipinski definition) is 1. The van der Waals surface area contributed by atoms with Crippen LogP contribution in [0.25, 0.3) is 0 Å². The molecule has 0 saturated heterocycles. The number of ether oxygens (including phenoxy) is 1. The third-order valence-corrected chi connectivity index (χ3v) is 3.05. The summed E-state index contributed by atoms with van der Waals surface area (Å²) < 4.78 is 10.7. The molecule has 3 nitrogen and oxygen atoms in total. The Balaban J connectivity index is 2.29. The minimum atomic E-state index is -0.226. The monoisotopic (exact) mass is 245 g/mol. The minimum Gasteiger partial charge on any atom is -0.462 e. The highest BCUT2D eigenvalue weighted by Gasteiger charge is 2.15. The predicted octanol–water partition coefficient (Wildman–Crippen LogP) is 3.09. The predicted molar refractivity (Wildman–Crippen MR) is 71.4 cm³/mol. The lowest BCUT2D eigenvalue weighted by atomic mass is 9.98. The zero-order chi connectivity index (χ0) is 13.1. The summed E-state index contributed by atoms with van der Waals surface area (Å²) in [5.41, 5.74) is 9.75. The van der Waals surface area contributed by atoms with Gasteiger partial charge in [0.1, 0.15) is 18.1 Å². The molecule has 1 aromatic carbocycles. The lowest BCUT2D eigenvalue weighted by molar-refractivity contribution is 0.162. The van der Waals surface area contributed by atoms with E-state index >= 15 is 0 Å². The Bertz CT molecular complexity index is 531. The molecule has 96 valence electrons. The molecular weight excluding hydrogens is 226 g/mol. The number of methoxy groups -OCH3 is 1. The van der Waals surface area contributed by atoms with Crippen LogP contribution in [0.1, 0.15) is 34.3 Å². The second-order valence-corrected chi connectivity index (χ2v) is 4.57. The van der Waals surface area contributed by atoms with E-state index in [1.165, 1.54) is 11.1 Å². The van der Waals surface area contributed by atoms with Gasteiger partial charge in [-0.15, -0.1) is 0 Å². The van der Waals surface area contributed by atoms with E-state index in [0.717, 1.165) is 17.1 Å². The first-order valence-electron chi connectivity index (χ1n) is 6.02. The van der Waals surface area contributed by atoms with Crippen LogP contribution in [0.2, 0.25) is 0 Å². The van der Waals surface area contributed by atoms with Crippen LogP contribution in [0.4, 0.5) is 0 Å². The maximum atomic E-state index is 6.26. The van der Waals surface area contributed by atoms with Gasteiger partial charge in [0, 0.05) is 7.11 Å². The summed E-state index contributed by atoms with van der Waals surface area (Å²) in [6.45, 7) is 4.60. The molecule has 0 bridgehead atoms. The summed E-state index contributed by atoms with van der Waals surface area (Å²) in [6, 6.07) is 9.88. The van der Waals surface area contributed by atoms with Gasteiger partial charge in [-0.2, -0.15) is 0 Å². The third-order valence-electron chi connectivity index (χ3n) is 3.05. The molecule has 0 aliphatic rings. The number of benzene rings is 1. The van der Waals surface area contributed by atoms with Crippen molar-refractivity contribution in [2.24, 2.45) is 5.73 Å². The van der Waals surface area contributed by atoms with Crippen LogP contribution in [0.15, 0.2) is 34.7 Å². The Kier molecular flexibility index (Phi) is 3.84. The van der Waals surface area contributed by atoms with E-state index in [4.69, 9.17) is 14.9 Å². The molecule has 18 heavy (non-hydrogen) atoms. The maximum absolute atomic E-state index is 6.26. The van der Waals surface area contributed by atoms with E-state index in [2.05, 4.69) is 32.0 Å². The average molecular weight is 245 g/mol. The van der Waals surface area contributed by atoms with Crippen LogP contribution in [0.3, 0.4) is 0 Å².